The van der Waals surface area contributed by atoms with Gasteiger partial charge in [-0.05, 0) is 35.9 Å². The Balaban J connectivity index is 1.96. The maximum Gasteiger partial charge on any atom is 0.337 e. The molecule has 2 aromatic carbocycles. The number of esters is 1. The van der Waals surface area contributed by atoms with Crippen LogP contribution in [-0.4, -0.2) is 33.5 Å². The highest BCUT2D eigenvalue weighted by molar-refractivity contribution is 5.89. The monoisotopic (exact) mass is 329 g/mol. The van der Waals surface area contributed by atoms with Crippen LogP contribution in [-0.2, 0) is 16.2 Å². The number of benzene rings is 2. The third-order valence-electron chi connectivity index (χ3n) is 3.31. The number of hydrogen-bond donors (Lipinski definition) is 0. The van der Waals surface area contributed by atoms with Gasteiger partial charge in [-0.1, -0.05) is 17.3 Å². The summed E-state index contributed by atoms with van der Waals surface area (Å²) >= 11 is 0. The van der Waals surface area contributed by atoms with Crippen LogP contribution in [0.2, 0.25) is 0 Å². The van der Waals surface area contributed by atoms with Gasteiger partial charge in [-0.15, -0.1) is 0 Å². The summed E-state index contributed by atoms with van der Waals surface area (Å²) in [6.07, 6.45) is 1.56. The molecular formula is C18H19NO5. The fraction of sp³-hybridized carbons (Fsp3) is 0.222. The summed E-state index contributed by atoms with van der Waals surface area (Å²) in [5, 5.41) is 3.94. The van der Waals surface area contributed by atoms with Gasteiger partial charge in [-0.3, -0.25) is 0 Å². The normalized spacial score (nSPS) is 10.5. The highest BCUT2D eigenvalue weighted by Gasteiger charge is 2.05. The second-order valence-corrected chi connectivity index (χ2v) is 4.80. The summed E-state index contributed by atoms with van der Waals surface area (Å²) in [6, 6.07) is 12.3. The van der Waals surface area contributed by atoms with Gasteiger partial charge < -0.3 is 19.0 Å². The van der Waals surface area contributed by atoms with Gasteiger partial charge in [0.25, 0.3) is 0 Å². The molecule has 2 rings (SSSR count). The lowest BCUT2D eigenvalue weighted by Gasteiger charge is -2.06. The molecule has 0 aromatic heterocycles. The van der Waals surface area contributed by atoms with Crippen LogP contribution in [0.25, 0.3) is 0 Å². The van der Waals surface area contributed by atoms with E-state index in [9.17, 15) is 4.79 Å². The molecular weight excluding hydrogens is 310 g/mol. The van der Waals surface area contributed by atoms with Crippen LogP contribution >= 0.6 is 0 Å². The van der Waals surface area contributed by atoms with Crippen molar-refractivity contribution in [3.63, 3.8) is 0 Å². The topological polar surface area (TPSA) is 66.4 Å². The molecule has 0 bridgehead atoms. The molecule has 0 unspecified atom stereocenters. The molecule has 6 nitrogen and oxygen atoms in total. The third kappa shape index (κ3) is 4.49. The zero-order chi connectivity index (χ0) is 17.4. The minimum Gasteiger partial charge on any atom is -0.497 e. The van der Waals surface area contributed by atoms with Gasteiger partial charge in [0.15, 0.2) is 0 Å². The Morgan fingerprint density at radius 1 is 1.04 bits per heavy atom. The molecule has 0 N–H and O–H groups in total. The van der Waals surface area contributed by atoms with Crippen LogP contribution in [0.1, 0.15) is 21.5 Å². The average molecular weight is 329 g/mol. The van der Waals surface area contributed by atoms with Crippen molar-refractivity contribution < 1.29 is 23.8 Å². The lowest BCUT2D eigenvalue weighted by molar-refractivity contribution is 0.0600. The Labute approximate surface area is 140 Å². The molecule has 126 valence electrons. The quantitative estimate of drug-likeness (QED) is 0.444. The van der Waals surface area contributed by atoms with E-state index < -0.39 is 0 Å². The molecule has 0 aliphatic carbocycles. The van der Waals surface area contributed by atoms with Crippen LogP contribution in [0.3, 0.4) is 0 Å². The van der Waals surface area contributed by atoms with Gasteiger partial charge in [0.2, 0.25) is 0 Å². The van der Waals surface area contributed by atoms with Crippen LogP contribution < -0.4 is 9.47 Å². The molecule has 0 aliphatic heterocycles. The molecule has 6 heteroatoms. The molecule has 0 aliphatic rings. The maximum atomic E-state index is 11.4. The lowest BCUT2D eigenvalue weighted by atomic mass is 10.1. The van der Waals surface area contributed by atoms with Gasteiger partial charge in [0.05, 0.1) is 33.1 Å². The molecule has 0 amide bonds. The third-order valence-corrected chi connectivity index (χ3v) is 3.31. The zero-order valence-corrected chi connectivity index (χ0v) is 13.8. The second kappa shape index (κ2) is 8.57. The van der Waals surface area contributed by atoms with Gasteiger partial charge in [-0.2, -0.15) is 0 Å². The molecule has 2 aromatic rings. The van der Waals surface area contributed by atoms with E-state index in [2.05, 4.69) is 9.89 Å². The van der Waals surface area contributed by atoms with E-state index in [0.29, 0.717) is 17.1 Å². The zero-order valence-electron chi connectivity index (χ0n) is 13.8. The number of nitrogens with zero attached hydrogens (tertiary/aromatic N) is 1. The molecule has 0 spiro atoms. The number of methoxy groups -OCH3 is 3. The van der Waals surface area contributed by atoms with Gasteiger partial charge in [0.1, 0.15) is 18.1 Å². The molecule has 24 heavy (non-hydrogen) atoms. The van der Waals surface area contributed by atoms with E-state index in [1.165, 1.54) is 7.11 Å². The van der Waals surface area contributed by atoms with Crippen molar-refractivity contribution in [3.8, 4) is 11.5 Å². The van der Waals surface area contributed by atoms with Gasteiger partial charge in [-0.25, -0.2) is 4.79 Å². The minimum absolute atomic E-state index is 0.282. The summed E-state index contributed by atoms with van der Waals surface area (Å²) in [5.74, 6) is 1.01. The predicted octanol–water partition coefficient (Wildman–Crippen LogP) is 3.04. The Hall–Kier alpha value is -3.02. The van der Waals surface area contributed by atoms with Crippen molar-refractivity contribution in [2.45, 2.75) is 6.61 Å². The van der Waals surface area contributed by atoms with Crippen LogP contribution in [0.15, 0.2) is 47.6 Å². The summed E-state index contributed by atoms with van der Waals surface area (Å²) < 4.78 is 15.1. The molecule has 0 radical (unpaired) electrons. The van der Waals surface area contributed by atoms with E-state index in [1.54, 1.807) is 62.9 Å². The van der Waals surface area contributed by atoms with Crippen LogP contribution in [0.4, 0.5) is 0 Å². The number of hydrogen-bond acceptors (Lipinski definition) is 6. The van der Waals surface area contributed by atoms with E-state index in [0.717, 1.165) is 11.1 Å². The highest BCUT2D eigenvalue weighted by Crippen LogP contribution is 2.22. The first kappa shape index (κ1) is 17.3. The molecule has 0 saturated heterocycles. The van der Waals surface area contributed by atoms with Gasteiger partial charge >= 0.3 is 5.97 Å². The number of ether oxygens (including phenoxy) is 3. The largest absolute Gasteiger partial charge is 0.497 e. The Morgan fingerprint density at radius 3 is 2.42 bits per heavy atom. The number of oxime groups is 1. The summed E-state index contributed by atoms with van der Waals surface area (Å²) in [7, 11) is 4.53. The minimum atomic E-state index is -0.370. The Bertz CT molecular complexity index is 710. The van der Waals surface area contributed by atoms with Crippen molar-refractivity contribution in [2.75, 3.05) is 21.3 Å². The molecule has 0 saturated carbocycles. The Kier molecular flexibility index (Phi) is 6.19. The average Bonchev–Trinajstić information content (AvgIpc) is 2.64. The van der Waals surface area contributed by atoms with Crippen molar-refractivity contribution in [1.82, 2.24) is 0 Å². The summed E-state index contributed by atoms with van der Waals surface area (Å²) in [5.41, 5.74) is 2.13. The number of carbonyl (C=O) groups excluding carboxylic acids is 1. The van der Waals surface area contributed by atoms with E-state index >= 15 is 0 Å². The highest BCUT2D eigenvalue weighted by atomic mass is 16.6. The maximum absolute atomic E-state index is 11.4. The molecule has 0 heterocycles. The van der Waals surface area contributed by atoms with Crippen molar-refractivity contribution in [3.05, 3.63) is 59.2 Å². The SMILES string of the molecule is COC(=O)c1ccc(CO/N=C\c2cc(OC)ccc2OC)cc1. The fourth-order valence-corrected chi connectivity index (χ4v) is 2.00. The first-order valence-corrected chi connectivity index (χ1v) is 7.22. The smallest absolute Gasteiger partial charge is 0.337 e. The number of rotatable bonds is 7. The first-order valence-electron chi connectivity index (χ1n) is 7.22. The second-order valence-electron chi connectivity index (χ2n) is 4.80. The fourth-order valence-electron chi connectivity index (χ4n) is 2.00. The van der Waals surface area contributed by atoms with E-state index in [1.807, 2.05) is 0 Å². The predicted molar refractivity (Wildman–Crippen MR) is 89.7 cm³/mol. The van der Waals surface area contributed by atoms with E-state index in [4.69, 9.17) is 14.3 Å². The van der Waals surface area contributed by atoms with Crippen LogP contribution in [0, 0.1) is 0 Å². The molecule has 0 atom stereocenters. The van der Waals surface area contributed by atoms with Crippen molar-refractivity contribution in [1.29, 1.82) is 0 Å². The van der Waals surface area contributed by atoms with Crippen molar-refractivity contribution in [2.24, 2.45) is 5.16 Å². The van der Waals surface area contributed by atoms with Crippen molar-refractivity contribution >= 4 is 12.2 Å². The first-order chi connectivity index (χ1) is 11.7. The lowest BCUT2D eigenvalue weighted by Crippen LogP contribution is -2.01. The molecule has 0 fully saturated rings. The Morgan fingerprint density at radius 2 is 1.79 bits per heavy atom. The van der Waals surface area contributed by atoms with E-state index in [-0.39, 0.29) is 12.6 Å². The summed E-state index contributed by atoms with van der Waals surface area (Å²) in [6.45, 7) is 0.282. The van der Waals surface area contributed by atoms with Gasteiger partial charge in [0, 0.05) is 5.56 Å². The number of carbonyl (C=O) groups is 1. The standard InChI is InChI=1S/C18H19NO5/c1-21-16-8-9-17(22-2)15(10-16)11-19-24-12-13-4-6-14(7-5-13)18(20)23-3/h4-11H,12H2,1-3H3/b19-11-. The summed E-state index contributed by atoms with van der Waals surface area (Å²) in [4.78, 5) is 16.6. The van der Waals surface area contributed by atoms with Crippen LogP contribution in [0.5, 0.6) is 11.5 Å².